The summed E-state index contributed by atoms with van der Waals surface area (Å²) in [6.45, 7) is 0. The molecule has 0 aliphatic rings. The van der Waals surface area contributed by atoms with Crippen molar-refractivity contribution in [2.24, 2.45) is 0 Å². The van der Waals surface area contributed by atoms with Crippen LogP contribution in [0.15, 0.2) is 71.1 Å². The van der Waals surface area contributed by atoms with Crippen molar-refractivity contribution in [2.75, 3.05) is 21.3 Å². The van der Waals surface area contributed by atoms with Gasteiger partial charge in [0.1, 0.15) is 28.9 Å². The topological polar surface area (TPSA) is 107 Å². The van der Waals surface area contributed by atoms with E-state index in [0.29, 0.717) is 28.2 Å². The molecule has 0 radical (unpaired) electrons. The van der Waals surface area contributed by atoms with E-state index in [1.54, 1.807) is 45.6 Å². The summed E-state index contributed by atoms with van der Waals surface area (Å²) in [5.74, 6) is 0.225. The largest absolute Gasteiger partial charge is 0.497 e. The highest BCUT2D eigenvalue weighted by atomic mass is 16.5. The van der Waals surface area contributed by atoms with Crippen molar-refractivity contribution in [3.8, 4) is 28.4 Å². The van der Waals surface area contributed by atoms with Crippen LogP contribution in [0.3, 0.4) is 0 Å². The van der Waals surface area contributed by atoms with Crippen LogP contribution in [0.2, 0.25) is 0 Å². The number of fused-ring (bicyclic) bond motifs is 1. The highest BCUT2D eigenvalue weighted by Crippen LogP contribution is 2.38. The van der Waals surface area contributed by atoms with Crippen molar-refractivity contribution in [2.45, 2.75) is 12.5 Å². The summed E-state index contributed by atoms with van der Waals surface area (Å²) in [6, 6.07) is 18.5. The molecule has 0 bridgehead atoms. The Balaban J connectivity index is 1.51. The average Bonchev–Trinajstić information content (AvgIpc) is 3.31. The van der Waals surface area contributed by atoms with Crippen molar-refractivity contribution in [1.29, 1.82) is 0 Å². The first kappa shape index (κ1) is 23.7. The number of carbonyl (C=O) groups excluding carboxylic acids is 1. The van der Waals surface area contributed by atoms with E-state index in [4.69, 9.17) is 18.6 Å². The molecule has 0 fully saturated rings. The molecule has 8 nitrogen and oxygen atoms in total. The summed E-state index contributed by atoms with van der Waals surface area (Å²) < 4.78 is 21.7. The summed E-state index contributed by atoms with van der Waals surface area (Å²) in [4.78, 5) is 24.6. The van der Waals surface area contributed by atoms with Crippen LogP contribution in [0.5, 0.6) is 17.2 Å². The number of benzene rings is 3. The lowest BCUT2D eigenvalue weighted by molar-refractivity contribution is -0.139. The zero-order valence-electron chi connectivity index (χ0n) is 19.5. The van der Waals surface area contributed by atoms with Gasteiger partial charge in [0.25, 0.3) is 5.91 Å². The monoisotopic (exact) mass is 475 g/mol. The van der Waals surface area contributed by atoms with Crippen LogP contribution in [-0.2, 0) is 11.2 Å². The van der Waals surface area contributed by atoms with Gasteiger partial charge in [0.05, 0.1) is 26.9 Å². The summed E-state index contributed by atoms with van der Waals surface area (Å²) in [5.41, 5.74) is 2.90. The molecule has 1 aromatic heterocycles. The summed E-state index contributed by atoms with van der Waals surface area (Å²) in [6.07, 6.45) is 0.0957. The fraction of sp³-hybridized carbons (Fsp3) is 0.185. The molecule has 4 aromatic rings. The molecule has 180 valence electrons. The number of methoxy groups -OCH3 is 3. The second-order valence-electron chi connectivity index (χ2n) is 7.82. The Labute approximate surface area is 202 Å². The lowest BCUT2D eigenvalue weighted by atomic mass is 9.99. The SMILES string of the molecule is COc1ccc2oc(C(=O)NC(Cc3ccc(-c4c(OC)cccc4OC)cc3)C(=O)O)cc2c1. The molecular weight excluding hydrogens is 450 g/mol. The molecule has 4 rings (SSSR count). The molecule has 1 amide bonds. The van der Waals surface area contributed by atoms with E-state index in [1.807, 2.05) is 42.5 Å². The van der Waals surface area contributed by atoms with Crippen molar-refractivity contribution >= 4 is 22.8 Å². The number of rotatable bonds is 9. The summed E-state index contributed by atoms with van der Waals surface area (Å²) in [5, 5.41) is 12.9. The molecule has 0 aliphatic carbocycles. The van der Waals surface area contributed by atoms with Crippen molar-refractivity contribution in [3.05, 3.63) is 78.1 Å². The van der Waals surface area contributed by atoms with Crippen LogP contribution in [0, 0.1) is 0 Å². The van der Waals surface area contributed by atoms with Gasteiger partial charge in [-0.25, -0.2) is 4.79 Å². The van der Waals surface area contributed by atoms with Crippen LogP contribution in [-0.4, -0.2) is 44.4 Å². The third-order valence-electron chi connectivity index (χ3n) is 5.66. The predicted octanol–water partition coefficient (Wildman–Crippen LogP) is 4.55. The Hall–Kier alpha value is -4.46. The van der Waals surface area contributed by atoms with E-state index >= 15 is 0 Å². The quantitative estimate of drug-likeness (QED) is 0.366. The number of carboxylic acid groups (broad SMARTS) is 1. The highest BCUT2D eigenvalue weighted by molar-refractivity contribution is 5.98. The highest BCUT2D eigenvalue weighted by Gasteiger charge is 2.23. The van der Waals surface area contributed by atoms with Crippen LogP contribution < -0.4 is 19.5 Å². The summed E-state index contributed by atoms with van der Waals surface area (Å²) in [7, 11) is 4.72. The first-order valence-corrected chi connectivity index (χ1v) is 10.8. The van der Waals surface area contributed by atoms with Gasteiger partial charge in [-0.1, -0.05) is 30.3 Å². The van der Waals surface area contributed by atoms with E-state index < -0.39 is 17.9 Å². The first-order chi connectivity index (χ1) is 16.9. The van der Waals surface area contributed by atoms with Crippen LogP contribution >= 0.6 is 0 Å². The zero-order valence-corrected chi connectivity index (χ0v) is 19.5. The Bertz CT molecular complexity index is 1340. The maximum Gasteiger partial charge on any atom is 0.326 e. The number of nitrogens with one attached hydrogen (secondary N) is 1. The maximum atomic E-state index is 12.7. The lowest BCUT2D eigenvalue weighted by Crippen LogP contribution is -2.42. The third kappa shape index (κ3) is 5.06. The van der Waals surface area contributed by atoms with E-state index in [1.165, 1.54) is 0 Å². The van der Waals surface area contributed by atoms with Crippen molar-refractivity contribution in [3.63, 3.8) is 0 Å². The number of carbonyl (C=O) groups is 2. The predicted molar refractivity (Wildman–Crippen MR) is 130 cm³/mol. The van der Waals surface area contributed by atoms with Gasteiger partial charge in [-0.3, -0.25) is 4.79 Å². The van der Waals surface area contributed by atoms with Crippen molar-refractivity contribution < 1.29 is 33.3 Å². The van der Waals surface area contributed by atoms with Gasteiger partial charge < -0.3 is 29.1 Å². The Morgan fingerprint density at radius 1 is 0.914 bits per heavy atom. The Kier molecular flexibility index (Phi) is 6.91. The number of hydrogen-bond acceptors (Lipinski definition) is 6. The molecule has 0 spiro atoms. The standard InChI is InChI=1S/C27H25NO7/c1-32-19-11-12-21-18(14-19)15-24(35-21)26(29)28-20(27(30)31)13-16-7-9-17(10-8-16)25-22(33-2)5-4-6-23(25)34-3/h4-12,14-15,20H,13H2,1-3H3,(H,28,29)(H,30,31). The average molecular weight is 475 g/mol. The Morgan fingerprint density at radius 2 is 1.60 bits per heavy atom. The van der Waals surface area contributed by atoms with Crippen LogP contribution in [0.25, 0.3) is 22.1 Å². The first-order valence-electron chi connectivity index (χ1n) is 10.8. The molecule has 0 aliphatic heterocycles. The molecule has 1 heterocycles. The second-order valence-corrected chi connectivity index (χ2v) is 7.82. The molecule has 3 aromatic carbocycles. The van der Waals surface area contributed by atoms with Crippen LogP contribution in [0.1, 0.15) is 16.1 Å². The minimum absolute atomic E-state index is 0.0260. The molecular formula is C27H25NO7. The maximum absolute atomic E-state index is 12.7. The molecule has 2 N–H and O–H groups in total. The zero-order chi connectivity index (χ0) is 24.9. The number of carboxylic acids is 1. The van der Waals surface area contributed by atoms with E-state index in [2.05, 4.69) is 5.32 Å². The third-order valence-corrected chi connectivity index (χ3v) is 5.66. The Morgan fingerprint density at radius 3 is 2.20 bits per heavy atom. The smallest absolute Gasteiger partial charge is 0.326 e. The molecule has 1 unspecified atom stereocenters. The van der Waals surface area contributed by atoms with Gasteiger partial charge in [-0.15, -0.1) is 0 Å². The number of ether oxygens (including phenoxy) is 3. The fourth-order valence-corrected chi connectivity index (χ4v) is 3.87. The number of furan rings is 1. The second kappa shape index (κ2) is 10.2. The minimum Gasteiger partial charge on any atom is -0.497 e. The van der Waals surface area contributed by atoms with Crippen LogP contribution in [0.4, 0.5) is 0 Å². The minimum atomic E-state index is -1.15. The molecule has 8 heteroatoms. The number of hydrogen-bond donors (Lipinski definition) is 2. The molecule has 0 saturated heterocycles. The van der Waals surface area contributed by atoms with Gasteiger partial charge in [0.15, 0.2) is 5.76 Å². The number of aliphatic carboxylic acids is 1. The lowest BCUT2D eigenvalue weighted by Gasteiger charge is -2.15. The van der Waals surface area contributed by atoms with Gasteiger partial charge in [-0.05, 0) is 47.5 Å². The molecule has 0 saturated carbocycles. The van der Waals surface area contributed by atoms with Gasteiger partial charge in [0, 0.05) is 11.8 Å². The van der Waals surface area contributed by atoms with Gasteiger partial charge in [0.2, 0.25) is 0 Å². The van der Waals surface area contributed by atoms with Gasteiger partial charge >= 0.3 is 5.97 Å². The fourth-order valence-electron chi connectivity index (χ4n) is 3.87. The molecule has 1 atom stereocenters. The van der Waals surface area contributed by atoms with E-state index in [-0.39, 0.29) is 12.2 Å². The number of amides is 1. The summed E-state index contributed by atoms with van der Waals surface area (Å²) >= 11 is 0. The van der Waals surface area contributed by atoms with Crippen molar-refractivity contribution in [1.82, 2.24) is 5.32 Å². The van der Waals surface area contributed by atoms with E-state index in [9.17, 15) is 14.7 Å². The van der Waals surface area contributed by atoms with Gasteiger partial charge in [-0.2, -0.15) is 0 Å². The van der Waals surface area contributed by atoms with E-state index in [0.717, 1.165) is 16.7 Å². The molecule has 35 heavy (non-hydrogen) atoms. The normalized spacial score (nSPS) is 11.6.